The summed E-state index contributed by atoms with van der Waals surface area (Å²) < 4.78 is 21.1. The number of fused-ring (bicyclic) bond motifs is 1. The number of rotatable bonds is 6. The van der Waals surface area contributed by atoms with Crippen LogP contribution in [0.3, 0.4) is 0 Å². The molecule has 0 atom stereocenters. The molecule has 0 aliphatic rings. The molecule has 0 saturated carbocycles. The van der Waals surface area contributed by atoms with Crippen molar-refractivity contribution in [2.24, 2.45) is 0 Å². The third-order valence-corrected chi connectivity index (χ3v) is 3.01. The second kappa shape index (κ2) is 6.67. The molecule has 6 heteroatoms. The van der Waals surface area contributed by atoms with Crippen LogP contribution in [0.1, 0.15) is 5.56 Å². The maximum Gasteiger partial charge on any atom is 0.336 e. The quantitative estimate of drug-likeness (QED) is 0.503. The largest absolute Gasteiger partial charge is 0.493 e. The van der Waals surface area contributed by atoms with Crippen LogP contribution in [0.5, 0.6) is 11.5 Å². The fraction of sp³-hybridized carbons (Fsp3) is 0.357. The van der Waals surface area contributed by atoms with E-state index in [1.54, 1.807) is 19.2 Å². The van der Waals surface area contributed by atoms with Gasteiger partial charge in [-0.05, 0) is 11.6 Å². The Morgan fingerprint density at radius 3 is 2.50 bits per heavy atom. The molecule has 0 saturated heterocycles. The van der Waals surface area contributed by atoms with Crippen LogP contribution in [0, 0.1) is 0 Å². The van der Waals surface area contributed by atoms with Gasteiger partial charge in [-0.2, -0.15) is 12.6 Å². The Morgan fingerprint density at radius 1 is 1.15 bits per heavy atom. The number of benzene rings is 1. The van der Waals surface area contributed by atoms with E-state index in [1.165, 1.54) is 13.2 Å². The Labute approximate surface area is 121 Å². The molecule has 108 valence electrons. The van der Waals surface area contributed by atoms with Gasteiger partial charge in [0.25, 0.3) is 0 Å². The summed E-state index contributed by atoms with van der Waals surface area (Å²) in [6.45, 7) is 0.830. The van der Waals surface area contributed by atoms with Crippen molar-refractivity contribution in [1.29, 1.82) is 0 Å². The van der Waals surface area contributed by atoms with Crippen molar-refractivity contribution in [2.75, 3.05) is 26.6 Å². The molecule has 0 fully saturated rings. The van der Waals surface area contributed by atoms with E-state index in [-0.39, 0.29) is 0 Å². The predicted molar refractivity (Wildman–Crippen MR) is 79.1 cm³/mol. The second-order valence-electron chi connectivity index (χ2n) is 4.07. The lowest BCUT2D eigenvalue weighted by molar-refractivity contribution is 0.137. The number of hydrogen-bond donors (Lipinski definition) is 1. The zero-order valence-electron chi connectivity index (χ0n) is 11.3. The van der Waals surface area contributed by atoms with E-state index >= 15 is 0 Å². The normalized spacial score (nSPS) is 10.8. The van der Waals surface area contributed by atoms with Crippen molar-refractivity contribution in [3.05, 3.63) is 34.2 Å². The first-order valence-electron chi connectivity index (χ1n) is 6.07. The molecular weight excluding hydrogens is 280 g/mol. The van der Waals surface area contributed by atoms with Gasteiger partial charge in [-0.15, -0.1) is 0 Å². The smallest absolute Gasteiger partial charge is 0.336 e. The highest BCUT2D eigenvalue weighted by Crippen LogP contribution is 2.33. The number of hydrogen-bond acceptors (Lipinski definition) is 6. The van der Waals surface area contributed by atoms with E-state index in [0.717, 1.165) is 10.9 Å². The Balaban J connectivity index is 2.53. The molecule has 0 spiro atoms. The molecule has 1 heterocycles. The second-order valence-corrected chi connectivity index (χ2v) is 4.52. The SMILES string of the molecule is COc1cc2oc(=O)cc(COCCS)c2cc1OC. The zero-order chi connectivity index (χ0) is 14.5. The summed E-state index contributed by atoms with van der Waals surface area (Å²) in [5, 5.41) is 0.765. The fourth-order valence-corrected chi connectivity index (χ4v) is 2.05. The minimum Gasteiger partial charge on any atom is -0.493 e. The van der Waals surface area contributed by atoms with Crippen molar-refractivity contribution in [3.8, 4) is 11.5 Å². The predicted octanol–water partition coefficient (Wildman–Crippen LogP) is 2.26. The summed E-state index contributed by atoms with van der Waals surface area (Å²) >= 11 is 4.08. The van der Waals surface area contributed by atoms with Crippen molar-refractivity contribution in [2.45, 2.75) is 6.61 Å². The van der Waals surface area contributed by atoms with Crippen LogP contribution in [0.2, 0.25) is 0 Å². The van der Waals surface area contributed by atoms with Crippen molar-refractivity contribution in [3.63, 3.8) is 0 Å². The van der Waals surface area contributed by atoms with E-state index < -0.39 is 5.63 Å². The fourth-order valence-electron chi connectivity index (χ4n) is 1.92. The van der Waals surface area contributed by atoms with Crippen LogP contribution >= 0.6 is 12.6 Å². The van der Waals surface area contributed by atoms with Crippen LogP contribution < -0.4 is 15.1 Å². The van der Waals surface area contributed by atoms with Gasteiger partial charge in [-0.1, -0.05) is 0 Å². The molecule has 0 amide bonds. The number of methoxy groups -OCH3 is 2. The standard InChI is InChI=1S/C14H16O5S/c1-16-12-6-10-9(8-18-3-4-20)5-14(15)19-11(10)7-13(12)17-2/h5-7,20H,3-4,8H2,1-2H3. The highest BCUT2D eigenvalue weighted by Gasteiger charge is 2.12. The summed E-state index contributed by atoms with van der Waals surface area (Å²) in [5.41, 5.74) is 0.771. The third kappa shape index (κ3) is 3.08. The van der Waals surface area contributed by atoms with Crippen LogP contribution in [-0.4, -0.2) is 26.6 Å². The molecular formula is C14H16O5S. The monoisotopic (exact) mass is 296 g/mol. The van der Waals surface area contributed by atoms with E-state index in [4.69, 9.17) is 18.6 Å². The van der Waals surface area contributed by atoms with Crippen LogP contribution in [0.4, 0.5) is 0 Å². The first-order valence-corrected chi connectivity index (χ1v) is 6.70. The molecule has 0 aliphatic carbocycles. The molecule has 0 N–H and O–H groups in total. The van der Waals surface area contributed by atoms with E-state index in [0.29, 0.717) is 36.0 Å². The van der Waals surface area contributed by atoms with Crippen molar-refractivity contribution >= 4 is 23.6 Å². The Bertz CT molecular complexity index is 650. The Kier molecular flexibility index (Phi) is 4.92. The molecule has 2 aromatic rings. The minimum atomic E-state index is -0.422. The lowest BCUT2D eigenvalue weighted by Gasteiger charge is -2.11. The Morgan fingerprint density at radius 2 is 1.85 bits per heavy atom. The lowest BCUT2D eigenvalue weighted by Crippen LogP contribution is -2.04. The average molecular weight is 296 g/mol. The van der Waals surface area contributed by atoms with Gasteiger partial charge in [0.15, 0.2) is 11.5 Å². The van der Waals surface area contributed by atoms with Gasteiger partial charge in [0.1, 0.15) is 5.58 Å². The topological polar surface area (TPSA) is 57.9 Å². The van der Waals surface area contributed by atoms with E-state index in [2.05, 4.69) is 12.6 Å². The molecule has 0 unspecified atom stereocenters. The van der Waals surface area contributed by atoms with Crippen LogP contribution in [0.15, 0.2) is 27.4 Å². The van der Waals surface area contributed by atoms with Gasteiger partial charge in [0.2, 0.25) is 0 Å². The molecule has 0 bridgehead atoms. The van der Waals surface area contributed by atoms with E-state index in [1.807, 2.05) is 0 Å². The third-order valence-electron chi connectivity index (χ3n) is 2.83. The highest BCUT2D eigenvalue weighted by molar-refractivity contribution is 7.80. The molecule has 5 nitrogen and oxygen atoms in total. The van der Waals surface area contributed by atoms with Gasteiger partial charge in [-0.25, -0.2) is 4.79 Å². The average Bonchev–Trinajstić information content (AvgIpc) is 2.45. The molecule has 0 aliphatic heterocycles. The molecule has 1 aromatic heterocycles. The van der Waals surface area contributed by atoms with Gasteiger partial charge in [0.05, 0.1) is 27.4 Å². The van der Waals surface area contributed by atoms with Gasteiger partial charge < -0.3 is 18.6 Å². The summed E-state index contributed by atoms with van der Waals surface area (Å²) in [6.07, 6.45) is 0. The summed E-state index contributed by atoms with van der Waals surface area (Å²) in [5.74, 6) is 1.71. The molecule has 0 radical (unpaired) electrons. The van der Waals surface area contributed by atoms with Gasteiger partial charge in [0, 0.05) is 23.3 Å². The van der Waals surface area contributed by atoms with Crippen molar-refractivity contribution in [1.82, 2.24) is 0 Å². The summed E-state index contributed by atoms with van der Waals surface area (Å²) in [7, 11) is 3.08. The highest BCUT2D eigenvalue weighted by atomic mass is 32.1. The lowest BCUT2D eigenvalue weighted by atomic mass is 10.1. The minimum absolute atomic E-state index is 0.318. The maximum atomic E-state index is 11.6. The molecule has 20 heavy (non-hydrogen) atoms. The number of ether oxygens (including phenoxy) is 3. The Hall–Kier alpha value is -1.66. The van der Waals surface area contributed by atoms with E-state index in [9.17, 15) is 4.79 Å². The van der Waals surface area contributed by atoms with Gasteiger partial charge in [-0.3, -0.25) is 0 Å². The maximum absolute atomic E-state index is 11.6. The number of thiol groups is 1. The zero-order valence-corrected chi connectivity index (χ0v) is 12.2. The first kappa shape index (κ1) is 14.7. The molecule has 2 rings (SSSR count). The van der Waals surface area contributed by atoms with Crippen LogP contribution in [0.25, 0.3) is 11.0 Å². The summed E-state index contributed by atoms with van der Waals surface area (Å²) in [6, 6.07) is 4.83. The first-order chi connectivity index (χ1) is 9.69. The van der Waals surface area contributed by atoms with Crippen LogP contribution in [-0.2, 0) is 11.3 Å². The van der Waals surface area contributed by atoms with Crippen molar-refractivity contribution < 1.29 is 18.6 Å². The van der Waals surface area contributed by atoms with Gasteiger partial charge >= 0.3 is 5.63 Å². The molecule has 1 aromatic carbocycles. The summed E-state index contributed by atoms with van der Waals surface area (Å²) in [4.78, 5) is 11.6.